The second-order valence-corrected chi connectivity index (χ2v) is 7.74. The summed E-state index contributed by atoms with van der Waals surface area (Å²) in [6.07, 6.45) is 3.89. The lowest BCUT2D eigenvalue weighted by molar-refractivity contribution is -0.122. The predicted molar refractivity (Wildman–Crippen MR) is 117 cm³/mol. The van der Waals surface area contributed by atoms with Gasteiger partial charge in [0.25, 0.3) is 5.91 Å². The van der Waals surface area contributed by atoms with Gasteiger partial charge in [-0.2, -0.15) is 0 Å². The second-order valence-electron chi connectivity index (χ2n) is 6.51. The van der Waals surface area contributed by atoms with Crippen molar-refractivity contribution in [2.45, 2.75) is 33.3 Å². The van der Waals surface area contributed by atoms with Crippen LogP contribution in [0.25, 0.3) is 6.08 Å². The van der Waals surface area contributed by atoms with E-state index in [1.807, 2.05) is 60.7 Å². The van der Waals surface area contributed by atoms with Crippen LogP contribution >= 0.6 is 11.8 Å². The fraction of sp³-hybridized carbons (Fsp3) is 0.304. The van der Waals surface area contributed by atoms with E-state index in [9.17, 15) is 4.79 Å². The van der Waals surface area contributed by atoms with E-state index >= 15 is 0 Å². The van der Waals surface area contributed by atoms with Gasteiger partial charge in [0.15, 0.2) is 5.17 Å². The molecule has 28 heavy (non-hydrogen) atoms. The third kappa shape index (κ3) is 5.26. The molecule has 1 amide bonds. The van der Waals surface area contributed by atoms with Crippen molar-refractivity contribution in [1.29, 1.82) is 0 Å². The molecule has 3 rings (SSSR count). The van der Waals surface area contributed by atoms with Crippen LogP contribution in [0, 0.1) is 0 Å². The van der Waals surface area contributed by atoms with E-state index in [0.29, 0.717) is 12.3 Å². The first-order valence-electron chi connectivity index (χ1n) is 9.73. The zero-order valence-electron chi connectivity index (χ0n) is 16.4. The van der Waals surface area contributed by atoms with Crippen molar-refractivity contribution in [2.24, 2.45) is 4.99 Å². The molecule has 0 radical (unpaired) electrons. The van der Waals surface area contributed by atoms with Gasteiger partial charge in [-0.25, -0.2) is 4.99 Å². The Bertz CT molecular complexity index is 845. The average Bonchev–Trinajstić information content (AvgIpc) is 3.01. The fourth-order valence-corrected chi connectivity index (χ4v) is 3.59. The number of rotatable bonds is 8. The van der Waals surface area contributed by atoms with Crippen molar-refractivity contribution in [3.8, 4) is 5.75 Å². The van der Waals surface area contributed by atoms with Crippen molar-refractivity contribution in [3.63, 3.8) is 0 Å². The molecule has 0 aliphatic carbocycles. The molecule has 2 aromatic rings. The number of unbranched alkanes of at least 4 members (excludes halogenated alkanes) is 1. The summed E-state index contributed by atoms with van der Waals surface area (Å²) in [5.41, 5.74) is 2.58. The SMILES string of the molecule is CCCCN1C(=O)/C(=C/c2ccc(OCc3ccccc3)cc2)N=C1SCC. The number of aliphatic imine (C=N–C) groups is 1. The van der Waals surface area contributed by atoms with E-state index in [4.69, 9.17) is 4.74 Å². The molecule has 5 heteroatoms. The molecule has 2 aromatic carbocycles. The molecule has 0 bridgehead atoms. The van der Waals surface area contributed by atoms with Gasteiger partial charge in [0.1, 0.15) is 18.1 Å². The minimum Gasteiger partial charge on any atom is -0.489 e. The van der Waals surface area contributed by atoms with Gasteiger partial charge >= 0.3 is 0 Å². The number of ether oxygens (including phenoxy) is 1. The van der Waals surface area contributed by atoms with Gasteiger partial charge in [-0.3, -0.25) is 9.69 Å². The third-order valence-electron chi connectivity index (χ3n) is 4.35. The van der Waals surface area contributed by atoms with Crippen LogP contribution in [-0.2, 0) is 11.4 Å². The minimum absolute atomic E-state index is 0.00574. The Kier molecular flexibility index (Phi) is 7.31. The van der Waals surface area contributed by atoms with Gasteiger partial charge in [0.05, 0.1) is 0 Å². The summed E-state index contributed by atoms with van der Waals surface area (Å²) in [7, 11) is 0. The zero-order valence-corrected chi connectivity index (χ0v) is 17.2. The Balaban J connectivity index is 1.67. The maximum Gasteiger partial charge on any atom is 0.278 e. The molecular formula is C23H26N2O2S. The van der Waals surface area contributed by atoms with E-state index in [-0.39, 0.29) is 5.91 Å². The van der Waals surface area contributed by atoms with E-state index in [1.165, 1.54) is 0 Å². The number of thioether (sulfide) groups is 1. The maximum absolute atomic E-state index is 12.7. The number of hydrogen-bond donors (Lipinski definition) is 0. The molecule has 0 atom stereocenters. The molecule has 0 N–H and O–H groups in total. The van der Waals surface area contributed by atoms with Crippen molar-refractivity contribution >= 4 is 28.9 Å². The Morgan fingerprint density at radius 3 is 2.50 bits per heavy atom. The van der Waals surface area contributed by atoms with Crippen LogP contribution in [-0.4, -0.2) is 28.3 Å². The van der Waals surface area contributed by atoms with Crippen molar-refractivity contribution in [3.05, 3.63) is 71.4 Å². The summed E-state index contributed by atoms with van der Waals surface area (Å²) in [4.78, 5) is 19.1. The lowest BCUT2D eigenvalue weighted by Gasteiger charge is -2.16. The number of hydrogen-bond acceptors (Lipinski definition) is 4. The summed E-state index contributed by atoms with van der Waals surface area (Å²) in [6, 6.07) is 17.8. The smallest absolute Gasteiger partial charge is 0.278 e. The van der Waals surface area contributed by atoms with Gasteiger partial charge < -0.3 is 4.74 Å². The van der Waals surface area contributed by atoms with E-state index in [2.05, 4.69) is 18.8 Å². The molecule has 1 aliphatic heterocycles. The summed E-state index contributed by atoms with van der Waals surface area (Å²) in [6.45, 7) is 5.47. The number of amides is 1. The molecule has 0 saturated heterocycles. The normalized spacial score (nSPS) is 15.2. The van der Waals surface area contributed by atoms with Crippen molar-refractivity contribution in [1.82, 2.24) is 4.90 Å². The topological polar surface area (TPSA) is 41.9 Å². The van der Waals surface area contributed by atoms with E-state index in [0.717, 1.165) is 47.2 Å². The van der Waals surface area contributed by atoms with Gasteiger partial charge in [0.2, 0.25) is 0 Å². The van der Waals surface area contributed by atoms with Crippen LogP contribution in [0.1, 0.15) is 37.8 Å². The highest BCUT2D eigenvalue weighted by atomic mass is 32.2. The molecule has 0 spiro atoms. The van der Waals surface area contributed by atoms with Crippen LogP contribution in [0.3, 0.4) is 0 Å². The third-order valence-corrected chi connectivity index (χ3v) is 5.21. The first kappa shape index (κ1) is 20.2. The van der Waals surface area contributed by atoms with Crippen molar-refractivity contribution in [2.75, 3.05) is 12.3 Å². The van der Waals surface area contributed by atoms with Crippen LogP contribution in [0.2, 0.25) is 0 Å². The van der Waals surface area contributed by atoms with Crippen molar-refractivity contribution < 1.29 is 9.53 Å². The molecular weight excluding hydrogens is 368 g/mol. The second kappa shape index (κ2) is 10.1. The fourth-order valence-electron chi connectivity index (χ4n) is 2.84. The summed E-state index contributed by atoms with van der Waals surface area (Å²) < 4.78 is 5.82. The Morgan fingerprint density at radius 2 is 1.82 bits per heavy atom. The van der Waals surface area contributed by atoms with Crippen LogP contribution < -0.4 is 4.74 Å². The number of benzene rings is 2. The highest BCUT2D eigenvalue weighted by Crippen LogP contribution is 2.25. The number of nitrogens with zero attached hydrogens (tertiary/aromatic N) is 2. The maximum atomic E-state index is 12.7. The quantitative estimate of drug-likeness (QED) is 0.566. The molecule has 146 valence electrons. The molecule has 1 aliphatic rings. The highest BCUT2D eigenvalue weighted by Gasteiger charge is 2.29. The summed E-state index contributed by atoms with van der Waals surface area (Å²) in [5.74, 6) is 1.70. The molecule has 0 fully saturated rings. The van der Waals surface area contributed by atoms with Gasteiger partial charge in [-0.1, -0.05) is 74.5 Å². The summed E-state index contributed by atoms with van der Waals surface area (Å²) >= 11 is 1.62. The predicted octanol–water partition coefficient (Wildman–Crippen LogP) is 5.36. The Hall–Kier alpha value is -2.53. The number of carbonyl (C=O) groups is 1. The first-order valence-corrected chi connectivity index (χ1v) is 10.7. The molecule has 4 nitrogen and oxygen atoms in total. The standard InChI is InChI=1S/C23H26N2O2S/c1-3-5-15-25-22(26)21(24-23(25)28-4-2)16-18-11-13-20(14-12-18)27-17-19-9-7-6-8-10-19/h6-14,16H,3-5,15,17H2,1-2H3/b21-16-. The van der Waals surface area contributed by atoms with Crippen LogP contribution in [0.4, 0.5) is 0 Å². The van der Waals surface area contributed by atoms with Crippen LogP contribution in [0.5, 0.6) is 5.75 Å². The molecule has 1 heterocycles. The first-order chi connectivity index (χ1) is 13.7. The van der Waals surface area contributed by atoms with E-state index in [1.54, 1.807) is 16.7 Å². The van der Waals surface area contributed by atoms with Gasteiger partial charge in [0, 0.05) is 6.54 Å². The largest absolute Gasteiger partial charge is 0.489 e. The lowest BCUT2D eigenvalue weighted by atomic mass is 10.2. The molecule has 0 aromatic heterocycles. The Labute approximate surface area is 171 Å². The molecule has 0 saturated carbocycles. The average molecular weight is 395 g/mol. The van der Waals surface area contributed by atoms with Gasteiger partial charge in [-0.05, 0) is 41.5 Å². The van der Waals surface area contributed by atoms with Gasteiger partial charge in [-0.15, -0.1) is 0 Å². The highest BCUT2D eigenvalue weighted by molar-refractivity contribution is 8.13. The lowest BCUT2D eigenvalue weighted by Crippen LogP contribution is -2.31. The van der Waals surface area contributed by atoms with E-state index < -0.39 is 0 Å². The molecule has 0 unspecified atom stereocenters. The monoisotopic (exact) mass is 394 g/mol. The summed E-state index contributed by atoms with van der Waals surface area (Å²) in [5, 5.41) is 0.815. The zero-order chi connectivity index (χ0) is 19.8. The number of carbonyl (C=O) groups excluding carboxylic acids is 1. The number of amidine groups is 1. The minimum atomic E-state index is -0.00574. The Morgan fingerprint density at radius 1 is 1.07 bits per heavy atom. The van der Waals surface area contributed by atoms with Crippen LogP contribution in [0.15, 0.2) is 65.3 Å².